The number of nitrogens with zero attached hydrogens (tertiary/aromatic N) is 3. The molecule has 2 atom stereocenters. The van der Waals surface area contributed by atoms with Gasteiger partial charge in [-0.25, -0.2) is 13.4 Å². The van der Waals surface area contributed by atoms with Gasteiger partial charge in [-0.1, -0.05) is 66.2 Å². The standard InChI is InChI=1S/C27H24ClN3O4S/c28-23-10-6-20(7-11-23)21-8-12-24(13-9-21)36(34,35)31(17-16-30-15-14-29-19-30)27(26(32)33)18-25(27)22-4-2-1-3-5-22/h1-15,19,25H,16-18H2,(H,32,33)/t25-,27+/m0/s1. The predicted octanol–water partition coefficient (Wildman–Crippen LogP) is 4.91. The second kappa shape index (κ2) is 9.54. The molecule has 0 aliphatic heterocycles. The predicted molar refractivity (Wildman–Crippen MR) is 137 cm³/mol. The monoisotopic (exact) mass is 521 g/mol. The van der Waals surface area contributed by atoms with E-state index in [0.717, 1.165) is 21.0 Å². The number of benzene rings is 3. The molecular weight excluding hydrogens is 498 g/mol. The van der Waals surface area contributed by atoms with Crippen LogP contribution in [0.15, 0.2) is 102 Å². The van der Waals surface area contributed by atoms with E-state index in [1.807, 2.05) is 42.5 Å². The molecule has 0 radical (unpaired) electrons. The van der Waals surface area contributed by atoms with E-state index in [0.29, 0.717) is 5.02 Å². The van der Waals surface area contributed by atoms with Crippen molar-refractivity contribution in [2.75, 3.05) is 6.54 Å². The van der Waals surface area contributed by atoms with Crippen molar-refractivity contribution in [3.8, 4) is 11.1 Å². The first-order valence-electron chi connectivity index (χ1n) is 11.5. The SMILES string of the molecule is O=C(O)[C@@]1(N(CCn2ccnc2)S(=O)(=O)c2ccc(-c3ccc(Cl)cc3)cc2)C[C@H]1c1ccccc1. The summed E-state index contributed by atoms with van der Waals surface area (Å²) >= 11 is 5.98. The summed E-state index contributed by atoms with van der Waals surface area (Å²) in [7, 11) is -4.14. The maximum atomic E-state index is 14.0. The Morgan fingerprint density at radius 3 is 2.25 bits per heavy atom. The minimum absolute atomic E-state index is 0.00668. The highest BCUT2D eigenvalue weighted by Gasteiger charge is 2.67. The van der Waals surface area contributed by atoms with Crippen LogP contribution in [-0.2, 0) is 21.4 Å². The summed E-state index contributed by atoms with van der Waals surface area (Å²) in [5.74, 6) is -1.59. The van der Waals surface area contributed by atoms with Crippen molar-refractivity contribution in [1.82, 2.24) is 13.9 Å². The molecule has 0 bridgehead atoms. The lowest BCUT2D eigenvalue weighted by atomic mass is 10.1. The van der Waals surface area contributed by atoms with Crippen molar-refractivity contribution in [3.05, 3.63) is 108 Å². The van der Waals surface area contributed by atoms with E-state index >= 15 is 0 Å². The maximum absolute atomic E-state index is 14.0. The summed E-state index contributed by atoms with van der Waals surface area (Å²) < 4.78 is 30.8. The molecule has 0 unspecified atom stereocenters. The van der Waals surface area contributed by atoms with Crippen LogP contribution < -0.4 is 0 Å². The number of aliphatic carboxylic acids is 1. The van der Waals surface area contributed by atoms with E-state index in [9.17, 15) is 18.3 Å². The van der Waals surface area contributed by atoms with Crippen LogP contribution in [-0.4, -0.2) is 45.4 Å². The lowest BCUT2D eigenvalue weighted by Crippen LogP contribution is -2.49. The van der Waals surface area contributed by atoms with Gasteiger partial charge in [0.15, 0.2) is 0 Å². The van der Waals surface area contributed by atoms with Gasteiger partial charge >= 0.3 is 5.97 Å². The Morgan fingerprint density at radius 2 is 1.67 bits per heavy atom. The first-order chi connectivity index (χ1) is 17.3. The Bertz CT molecular complexity index is 1460. The Kier molecular flexibility index (Phi) is 6.42. The van der Waals surface area contributed by atoms with Crippen LogP contribution in [0.2, 0.25) is 5.02 Å². The van der Waals surface area contributed by atoms with E-state index in [1.165, 1.54) is 12.1 Å². The van der Waals surface area contributed by atoms with Crippen LogP contribution in [0.5, 0.6) is 0 Å². The van der Waals surface area contributed by atoms with Crippen LogP contribution in [0.4, 0.5) is 0 Å². The largest absolute Gasteiger partial charge is 0.480 e. The van der Waals surface area contributed by atoms with Crippen molar-refractivity contribution >= 4 is 27.6 Å². The number of rotatable bonds is 9. The van der Waals surface area contributed by atoms with E-state index in [-0.39, 0.29) is 24.4 Å². The number of hydrogen-bond donors (Lipinski definition) is 1. The van der Waals surface area contributed by atoms with Gasteiger partial charge in [0.05, 0.1) is 11.2 Å². The Hall–Kier alpha value is -3.46. The molecule has 0 amide bonds. The number of carbonyl (C=O) groups is 1. The smallest absolute Gasteiger partial charge is 0.325 e. The lowest BCUT2D eigenvalue weighted by molar-refractivity contribution is -0.143. The number of hydrogen-bond acceptors (Lipinski definition) is 4. The van der Waals surface area contributed by atoms with Crippen molar-refractivity contribution in [2.24, 2.45) is 0 Å². The third kappa shape index (κ3) is 4.43. The van der Waals surface area contributed by atoms with Crippen LogP contribution in [0.1, 0.15) is 17.9 Å². The molecule has 7 nitrogen and oxygen atoms in total. The number of aromatic nitrogens is 2. The fraction of sp³-hybridized carbons (Fsp3) is 0.185. The Balaban J connectivity index is 1.52. The molecule has 0 saturated heterocycles. The summed E-state index contributed by atoms with van der Waals surface area (Å²) in [6.45, 7) is 0.270. The third-order valence-electron chi connectivity index (χ3n) is 6.69. The van der Waals surface area contributed by atoms with Crippen LogP contribution in [0.3, 0.4) is 0 Å². The Labute approximate surface area is 214 Å². The van der Waals surface area contributed by atoms with E-state index in [1.54, 1.807) is 47.6 Å². The molecule has 184 valence electrons. The normalized spacial score (nSPS) is 19.3. The average molecular weight is 522 g/mol. The number of halogens is 1. The topological polar surface area (TPSA) is 92.5 Å². The van der Waals surface area contributed by atoms with Gasteiger partial charge in [-0.05, 0) is 47.4 Å². The van der Waals surface area contributed by atoms with Gasteiger partial charge in [-0.15, -0.1) is 0 Å². The average Bonchev–Trinajstić information content (AvgIpc) is 3.42. The second-order valence-corrected chi connectivity index (χ2v) is 11.1. The van der Waals surface area contributed by atoms with Gasteiger partial charge in [0.2, 0.25) is 10.0 Å². The number of carboxylic acids is 1. The van der Waals surface area contributed by atoms with Gasteiger partial charge < -0.3 is 9.67 Å². The molecular formula is C27H24ClN3O4S. The molecule has 0 spiro atoms. The van der Waals surface area contributed by atoms with E-state index in [2.05, 4.69) is 4.98 Å². The highest BCUT2D eigenvalue weighted by molar-refractivity contribution is 7.89. The minimum atomic E-state index is -4.14. The van der Waals surface area contributed by atoms with Crippen LogP contribution in [0.25, 0.3) is 11.1 Å². The number of imidazole rings is 1. The molecule has 1 aliphatic rings. The fourth-order valence-corrected chi connectivity index (χ4v) is 6.59. The highest BCUT2D eigenvalue weighted by Crippen LogP contribution is 2.57. The zero-order valence-corrected chi connectivity index (χ0v) is 20.8. The molecule has 3 aromatic carbocycles. The molecule has 1 fully saturated rings. The van der Waals surface area contributed by atoms with Crippen molar-refractivity contribution in [2.45, 2.75) is 29.3 Å². The maximum Gasteiger partial charge on any atom is 0.325 e. The summed E-state index contributed by atoms with van der Waals surface area (Å²) in [6.07, 6.45) is 5.12. The number of sulfonamides is 1. The quantitative estimate of drug-likeness (QED) is 0.338. The molecule has 1 N–H and O–H groups in total. The minimum Gasteiger partial charge on any atom is -0.480 e. The highest BCUT2D eigenvalue weighted by atomic mass is 35.5. The lowest BCUT2D eigenvalue weighted by Gasteiger charge is -2.29. The molecule has 1 heterocycles. The summed E-state index contributed by atoms with van der Waals surface area (Å²) in [6, 6.07) is 23.0. The molecule has 1 saturated carbocycles. The molecule has 36 heavy (non-hydrogen) atoms. The zero-order valence-electron chi connectivity index (χ0n) is 19.2. The summed E-state index contributed by atoms with van der Waals surface area (Å²) in [4.78, 5) is 16.7. The summed E-state index contributed by atoms with van der Waals surface area (Å²) in [5, 5.41) is 11.0. The van der Waals surface area contributed by atoms with Crippen molar-refractivity contribution in [3.63, 3.8) is 0 Å². The third-order valence-corrected chi connectivity index (χ3v) is 8.90. The van der Waals surface area contributed by atoms with Crippen LogP contribution >= 0.6 is 11.6 Å². The van der Waals surface area contributed by atoms with E-state index < -0.39 is 27.4 Å². The van der Waals surface area contributed by atoms with Gasteiger partial charge in [-0.3, -0.25) is 4.79 Å². The molecule has 9 heteroatoms. The zero-order chi connectivity index (χ0) is 25.3. The molecule has 5 rings (SSSR count). The number of carboxylic acid groups (broad SMARTS) is 1. The van der Waals surface area contributed by atoms with Gasteiger partial charge in [-0.2, -0.15) is 4.31 Å². The van der Waals surface area contributed by atoms with Gasteiger partial charge in [0, 0.05) is 36.4 Å². The van der Waals surface area contributed by atoms with E-state index in [4.69, 9.17) is 11.6 Å². The van der Waals surface area contributed by atoms with Crippen molar-refractivity contribution in [1.29, 1.82) is 0 Å². The second-order valence-electron chi connectivity index (χ2n) is 8.81. The van der Waals surface area contributed by atoms with Gasteiger partial charge in [0.1, 0.15) is 5.54 Å². The summed E-state index contributed by atoms with van der Waals surface area (Å²) in [5.41, 5.74) is 0.974. The first-order valence-corrected chi connectivity index (χ1v) is 13.3. The molecule has 1 aliphatic carbocycles. The fourth-order valence-electron chi connectivity index (χ4n) is 4.70. The Morgan fingerprint density at radius 1 is 1.03 bits per heavy atom. The van der Waals surface area contributed by atoms with Gasteiger partial charge in [0.25, 0.3) is 0 Å². The molecule has 4 aromatic rings. The van der Waals surface area contributed by atoms with Crippen molar-refractivity contribution < 1.29 is 18.3 Å². The molecule has 1 aromatic heterocycles. The van der Waals surface area contributed by atoms with Crippen LogP contribution in [0, 0.1) is 0 Å². The first kappa shape index (κ1) is 24.2.